The lowest BCUT2D eigenvalue weighted by Crippen LogP contribution is -2.30. The molecule has 1 aromatic carbocycles. The molecular formula is C29H49N5O. The summed E-state index contributed by atoms with van der Waals surface area (Å²) < 4.78 is 5.78. The molecule has 2 aliphatic rings. The zero-order chi connectivity index (χ0) is 24.0. The molecule has 0 atom stereocenters. The van der Waals surface area contributed by atoms with Crippen LogP contribution in [0.4, 0.5) is 5.82 Å². The summed E-state index contributed by atoms with van der Waals surface area (Å²) in [5.41, 5.74) is 2.32. The van der Waals surface area contributed by atoms with Gasteiger partial charge in [0.15, 0.2) is 5.82 Å². The molecule has 1 N–H and O–H groups in total. The number of benzene rings is 1. The smallest absolute Gasteiger partial charge is 0.161 e. The number of likely N-dealkylation sites (N-methyl/N-ethyl adjacent to an activating group) is 1. The molecular weight excluding hydrogens is 434 g/mol. The Morgan fingerprint density at radius 2 is 1.66 bits per heavy atom. The summed E-state index contributed by atoms with van der Waals surface area (Å²) in [6, 6.07) is 8.14. The molecule has 1 aromatic heterocycles. The minimum atomic E-state index is 0. The van der Waals surface area contributed by atoms with Crippen LogP contribution in [0.1, 0.15) is 72.3 Å². The molecule has 0 spiro atoms. The minimum Gasteiger partial charge on any atom is -0.492 e. The number of nitrogens with one attached hydrogen (secondary N) is 1. The maximum absolute atomic E-state index is 5.78. The van der Waals surface area contributed by atoms with E-state index in [0.29, 0.717) is 6.61 Å². The standard InChI is InChI=1S/C25H37N5O.C3H8.CH4/c1-2-26-13-19-31-23-10-8-21(9-11-23)24-27-20-22-12-18-30(25(22)28-24)17-7-16-29-14-5-3-4-6-15-29;1-3-2;/h8-11,20,26H,2-7,12-19H2,1H3;3H2,1-2H3;1H4. The van der Waals surface area contributed by atoms with E-state index in [2.05, 4.69) is 53.0 Å². The molecule has 2 aliphatic heterocycles. The van der Waals surface area contributed by atoms with Crippen molar-refractivity contribution in [2.75, 3.05) is 57.3 Å². The van der Waals surface area contributed by atoms with Crippen LogP contribution in [0.15, 0.2) is 30.5 Å². The van der Waals surface area contributed by atoms with Gasteiger partial charge in [0, 0.05) is 37.0 Å². The molecule has 196 valence electrons. The van der Waals surface area contributed by atoms with Crippen molar-refractivity contribution in [3.63, 3.8) is 0 Å². The SMILES string of the molecule is C.CCC.CCNCCOc1ccc(-c2ncc3c(n2)N(CCCN2CCCCCC2)CC3)cc1. The van der Waals surface area contributed by atoms with Gasteiger partial charge in [-0.1, -0.05) is 47.5 Å². The molecule has 0 radical (unpaired) electrons. The van der Waals surface area contributed by atoms with E-state index >= 15 is 0 Å². The van der Waals surface area contributed by atoms with Crippen molar-refractivity contribution in [1.82, 2.24) is 20.2 Å². The van der Waals surface area contributed by atoms with Gasteiger partial charge in [0.2, 0.25) is 0 Å². The van der Waals surface area contributed by atoms with Crippen LogP contribution in [-0.2, 0) is 6.42 Å². The lowest BCUT2D eigenvalue weighted by molar-refractivity contribution is 0.282. The second-order valence-corrected chi connectivity index (χ2v) is 9.32. The molecule has 6 nitrogen and oxygen atoms in total. The molecule has 1 fully saturated rings. The number of fused-ring (bicyclic) bond motifs is 1. The summed E-state index contributed by atoms with van der Waals surface area (Å²) in [6.45, 7) is 14.8. The van der Waals surface area contributed by atoms with Crippen molar-refractivity contribution in [2.45, 2.75) is 73.1 Å². The van der Waals surface area contributed by atoms with Gasteiger partial charge in [-0.15, -0.1) is 0 Å². The van der Waals surface area contributed by atoms with Gasteiger partial charge in [0.25, 0.3) is 0 Å². The van der Waals surface area contributed by atoms with Crippen molar-refractivity contribution < 1.29 is 4.74 Å². The Labute approximate surface area is 214 Å². The first-order chi connectivity index (χ1) is 16.7. The summed E-state index contributed by atoms with van der Waals surface area (Å²) in [5, 5.41) is 3.27. The summed E-state index contributed by atoms with van der Waals surface area (Å²) in [5.74, 6) is 2.82. The van der Waals surface area contributed by atoms with E-state index < -0.39 is 0 Å². The van der Waals surface area contributed by atoms with Gasteiger partial charge >= 0.3 is 0 Å². The zero-order valence-corrected chi connectivity index (χ0v) is 21.7. The van der Waals surface area contributed by atoms with Crippen LogP contribution in [0.25, 0.3) is 11.4 Å². The van der Waals surface area contributed by atoms with Gasteiger partial charge in [-0.25, -0.2) is 9.97 Å². The third-order valence-corrected chi connectivity index (χ3v) is 6.30. The summed E-state index contributed by atoms with van der Waals surface area (Å²) in [4.78, 5) is 14.7. The van der Waals surface area contributed by atoms with Crippen LogP contribution >= 0.6 is 0 Å². The van der Waals surface area contributed by atoms with E-state index in [1.807, 2.05) is 18.3 Å². The average molecular weight is 484 g/mol. The van der Waals surface area contributed by atoms with E-state index in [9.17, 15) is 0 Å². The van der Waals surface area contributed by atoms with Crippen LogP contribution in [0.5, 0.6) is 5.75 Å². The second kappa shape index (κ2) is 16.5. The summed E-state index contributed by atoms with van der Waals surface area (Å²) in [6.07, 6.45) is 11.1. The predicted molar refractivity (Wildman–Crippen MR) is 150 cm³/mol. The maximum Gasteiger partial charge on any atom is 0.161 e. The fourth-order valence-corrected chi connectivity index (χ4v) is 4.53. The van der Waals surface area contributed by atoms with E-state index in [1.165, 1.54) is 63.7 Å². The van der Waals surface area contributed by atoms with Crippen LogP contribution in [-0.4, -0.2) is 67.3 Å². The van der Waals surface area contributed by atoms with E-state index in [-0.39, 0.29) is 7.43 Å². The van der Waals surface area contributed by atoms with Crippen molar-refractivity contribution in [3.05, 3.63) is 36.0 Å². The Balaban J connectivity index is 0.00000103. The Bertz CT molecular complexity index is 818. The molecule has 4 rings (SSSR count). The lowest BCUT2D eigenvalue weighted by Gasteiger charge is -2.23. The molecule has 0 saturated carbocycles. The Morgan fingerprint density at radius 3 is 2.34 bits per heavy atom. The number of anilines is 1. The van der Waals surface area contributed by atoms with Gasteiger partial charge in [-0.2, -0.15) is 0 Å². The number of nitrogens with zero attached hydrogens (tertiary/aromatic N) is 4. The van der Waals surface area contributed by atoms with E-state index in [0.717, 1.165) is 55.6 Å². The third-order valence-electron chi connectivity index (χ3n) is 6.30. The lowest BCUT2D eigenvalue weighted by atomic mass is 10.2. The predicted octanol–water partition coefficient (Wildman–Crippen LogP) is 5.81. The van der Waals surface area contributed by atoms with Crippen LogP contribution in [0.3, 0.4) is 0 Å². The molecule has 1 saturated heterocycles. The molecule has 0 unspecified atom stereocenters. The number of likely N-dealkylation sites (tertiary alicyclic amines) is 1. The number of aromatic nitrogens is 2. The number of hydrogen-bond donors (Lipinski definition) is 1. The van der Waals surface area contributed by atoms with Crippen molar-refractivity contribution >= 4 is 5.82 Å². The molecule has 3 heterocycles. The molecule has 35 heavy (non-hydrogen) atoms. The van der Waals surface area contributed by atoms with E-state index in [4.69, 9.17) is 9.72 Å². The fourth-order valence-electron chi connectivity index (χ4n) is 4.53. The Morgan fingerprint density at radius 1 is 0.943 bits per heavy atom. The third kappa shape index (κ3) is 9.42. The van der Waals surface area contributed by atoms with Gasteiger partial charge in [0.1, 0.15) is 18.2 Å². The summed E-state index contributed by atoms with van der Waals surface area (Å²) in [7, 11) is 0. The van der Waals surface area contributed by atoms with E-state index in [1.54, 1.807) is 0 Å². The first-order valence-electron chi connectivity index (χ1n) is 13.5. The van der Waals surface area contributed by atoms with Crippen LogP contribution in [0, 0.1) is 0 Å². The normalized spacial score (nSPS) is 15.5. The first-order valence-corrected chi connectivity index (χ1v) is 13.5. The van der Waals surface area contributed by atoms with Crippen molar-refractivity contribution in [1.29, 1.82) is 0 Å². The van der Waals surface area contributed by atoms with Crippen molar-refractivity contribution in [2.24, 2.45) is 0 Å². The molecule has 0 bridgehead atoms. The average Bonchev–Trinajstić information content (AvgIpc) is 3.07. The van der Waals surface area contributed by atoms with Gasteiger partial charge < -0.3 is 19.9 Å². The molecule has 0 amide bonds. The topological polar surface area (TPSA) is 53.5 Å². The number of hydrogen-bond acceptors (Lipinski definition) is 6. The van der Waals surface area contributed by atoms with Crippen molar-refractivity contribution in [3.8, 4) is 17.1 Å². The highest BCUT2D eigenvalue weighted by molar-refractivity contribution is 5.61. The van der Waals surface area contributed by atoms with Gasteiger partial charge in [-0.05, 0) is 76.1 Å². The zero-order valence-electron chi connectivity index (χ0n) is 21.7. The highest BCUT2D eigenvalue weighted by Crippen LogP contribution is 2.28. The highest BCUT2D eigenvalue weighted by atomic mass is 16.5. The quantitative estimate of drug-likeness (QED) is 0.430. The second-order valence-electron chi connectivity index (χ2n) is 9.32. The number of rotatable bonds is 10. The van der Waals surface area contributed by atoms with Crippen LogP contribution < -0.4 is 15.0 Å². The molecule has 2 aromatic rings. The number of ether oxygens (including phenoxy) is 1. The Hall–Kier alpha value is -2.18. The summed E-state index contributed by atoms with van der Waals surface area (Å²) >= 11 is 0. The van der Waals surface area contributed by atoms with Gasteiger partial charge in [0.05, 0.1) is 0 Å². The molecule has 0 aliphatic carbocycles. The molecule has 6 heteroatoms. The monoisotopic (exact) mass is 483 g/mol. The van der Waals surface area contributed by atoms with Gasteiger partial charge in [-0.3, -0.25) is 0 Å². The highest BCUT2D eigenvalue weighted by Gasteiger charge is 2.22. The Kier molecular flexibility index (Phi) is 13.7. The minimum absolute atomic E-state index is 0. The fraction of sp³-hybridized carbons (Fsp3) is 0.655. The van der Waals surface area contributed by atoms with Crippen LogP contribution in [0.2, 0.25) is 0 Å². The largest absolute Gasteiger partial charge is 0.492 e. The first kappa shape index (κ1) is 29.1. The maximum atomic E-state index is 5.78.